The normalized spacial score (nSPS) is 15.9. The third kappa shape index (κ3) is 5.61. The average molecular weight is 543 g/mol. The van der Waals surface area contributed by atoms with Crippen LogP contribution in [0.25, 0.3) is 16.9 Å². The van der Waals surface area contributed by atoms with Crippen molar-refractivity contribution in [3.63, 3.8) is 0 Å². The third-order valence-corrected chi connectivity index (χ3v) is 8.11. The van der Waals surface area contributed by atoms with E-state index in [-0.39, 0.29) is 41.2 Å². The standard InChI is InChI=1S/C31H31FN4O2S/c1-4-21(3)33-26(37)18-35-27(38)19-39-30(23-13-9-14-24(32)17-23)28-29(22-11-6-5-7-12-22)34-36(31(28)35)25-15-8-10-20(2)16-25/h5-17,21,30H,4,18-19H2,1-3H3,(H,33,37)/t21-,30+/m0/s1. The highest BCUT2D eigenvalue weighted by molar-refractivity contribution is 8.00. The molecule has 0 radical (unpaired) electrons. The van der Waals surface area contributed by atoms with Crippen LogP contribution in [-0.2, 0) is 9.59 Å². The molecule has 0 bridgehead atoms. The van der Waals surface area contributed by atoms with Crippen molar-refractivity contribution < 1.29 is 14.0 Å². The number of benzene rings is 3. The largest absolute Gasteiger partial charge is 0.352 e. The fraction of sp³-hybridized carbons (Fsp3) is 0.258. The van der Waals surface area contributed by atoms with E-state index < -0.39 is 0 Å². The van der Waals surface area contributed by atoms with Crippen molar-refractivity contribution in [3.05, 3.63) is 101 Å². The summed E-state index contributed by atoms with van der Waals surface area (Å²) in [5.41, 5.74) is 4.89. The van der Waals surface area contributed by atoms with E-state index >= 15 is 0 Å². The Bertz CT molecular complexity index is 1500. The number of amides is 2. The second kappa shape index (κ2) is 11.5. The van der Waals surface area contributed by atoms with Gasteiger partial charge in [-0.05, 0) is 55.7 Å². The van der Waals surface area contributed by atoms with E-state index in [9.17, 15) is 14.0 Å². The first-order chi connectivity index (χ1) is 18.9. The monoisotopic (exact) mass is 542 g/mol. The van der Waals surface area contributed by atoms with Crippen LogP contribution in [-0.4, -0.2) is 39.9 Å². The van der Waals surface area contributed by atoms with Gasteiger partial charge in [0, 0.05) is 17.2 Å². The van der Waals surface area contributed by atoms with Gasteiger partial charge in [0.1, 0.15) is 18.2 Å². The van der Waals surface area contributed by atoms with Crippen LogP contribution >= 0.6 is 11.8 Å². The van der Waals surface area contributed by atoms with Crippen molar-refractivity contribution in [1.82, 2.24) is 15.1 Å². The number of nitrogens with zero attached hydrogens (tertiary/aromatic N) is 3. The van der Waals surface area contributed by atoms with E-state index in [0.717, 1.165) is 34.4 Å². The predicted molar refractivity (Wildman–Crippen MR) is 155 cm³/mol. The zero-order valence-corrected chi connectivity index (χ0v) is 23.0. The first-order valence-corrected chi connectivity index (χ1v) is 14.1. The van der Waals surface area contributed by atoms with Gasteiger partial charge in [-0.25, -0.2) is 9.07 Å². The number of anilines is 1. The maximum atomic E-state index is 14.5. The Morgan fingerprint density at radius 2 is 1.87 bits per heavy atom. The summed E-state index contributed by atoms with van der Waals surface area (Å²) in [5.74, 6) is -0.122. The van der Waals surface area contributed by atoms with Crippen molar-refractivity contribution in [2.45, 2.75) is 38.5 Å². The number of carbonyl (C=O) groups excluding carboxylic acids is 2. The zero-order chi connectivity index (χ0) is 27.5. The van der Waals surface area contributed by atoms with Gasteiger partial charge in [0.25, 0.3) is 0 Å². The van der Waals surface area contributed by atoms with Gasteiger partial charge in [0.05, 0.1) is 22.4 Å². The molecule has 2 atom stereocenters. The quantitative estimate of drug-likeness (QED) is 0.308. The molecule has 6 nitrogen and oxygen atoms in total. The van der Waals surface area contributed by atoms with Crippen molar-refractivity contribution in [1.29, 1.82) is 0 Å². The molecule has 0 aliphatic carbocycles. The van der Waals surface area contributed by atoms with E-state index in [0.29, 0.717) is 11.5 Å². The Morgan fingerprint density at radius 3 is 2.59 bits per heavy atom. The van der Waals surface area contributed by atoms with Crippen LogP contribution in [0.1, 0.15) is 42.2 Å². The number of rotatable bonds is 7. The second-order valence-electron chi connectivity index (χ2n) is 9.81. The minimum Gasteiger partial charge on any atom is -0.352 e. The van der Waals surface area contributed by atoms with Gasteiger partial charge in [-0.3, -0.25) is 14.5 Å². The molecule has 0 saturated heterocycles. The van der Waals surface area contributed by atoms with Gasteiger partial charge >= 0.3 is 0 Å². The lowest BCUT2D eigenvalue weighted by atomic mass is 9.99. The van der Waals surface area contributed by atoms with E-state index in [2.05, 4.69) is 5.32 Å². The van der Waals surface area contributed by atoms with Crippen molar-refractivity contribution in [3.8, 4) is 16.9 Å². The number of fused-ring (bicyclic) bond motifs is 1. The molecule has 0 spiro atoms. The van der Waals surface area contributed by atoms with Gasteiger partial charge in [-0.1, -0.05) is 61.5 Å². The summed E-state index contributed by atoms with van der Waals surface area (Å²) < 4.78 is 16.2. The van der Waals surface area contributed by atoms with Crippen LogP contribution < -0.4 is 10.2 Å². The van der Waals surface area contributed by atoms with E-state index in [1.54, 1.807) is 15.6 Å². The number of halogens is 1. The molecule has 4 aromatic rings. The predicted octanol–water partition coefficient (Wildman–Crippen LogP) is 6.07. The zero-order valence-electron chi connectivity index (χ0n) is 22.2. The molecule has 1 aromatic heterocycles. The van der Waals surface area contributed by atoms with Gasteiger partial charge in [-0.15, -0.1) is 11.8 Å². The summed E-state index contributed by atoms with van der Waals surface area (Å²) in [7, 11) is 0. The maximum absolute atomic E-state index is 14.5. The van der Waals surface area contributed by atoms with Gasteiger partial charge in [-0.2, -0.15) is 5.10 Å². The molecule has 0 unspecified atom stereocenters. The summed E-state index contributed by atoms with van der Waals surface area (Å²) in [6.07, 6.45) is 0.780. The highest BCUT2D eigenvalue weighted by Gasteiger charge is 2.37. The van der Waals surface area contributed by atoms with Crippen LogP contribution in [0.4, 0.5) is 10.2 Å². The number of nitrogens with one attached hydrogen (secondary N) is 1. The molecule has 200 valence electrons. The average Bonchev–Trinajstić information content (AvgIpc) is 3.26. The van der Waals surface area contributed by atoms with Crippen LogP contribution in [0.3, 0.4) is 0 Å². The van der Waals surface area contributed by atoms with Gasteiger partial charge in [0.15, 0.2) is 0 Å². The first-order valence-electron chi connectivity index (χ1n) is 13.1. The first kappa shape index (κ1) is 26.7. The second-order valence-corrected chi connectivity index (χ2v) is 10.9. The van der Waals surface area contributed by atoms with E-state index in [4.69, 9.17) is 5.10 Å². The highest BCUT2D eigenvalue weighted by Crippen LogP contribution is 2.48. The number of thioether (sulfide) groups is 1. The Kier molecular flexibility index (Phi) is 7.84. The molecule has 1 aliphatic rings. The Morgan fingerprint density at radius 1 is 1.10 bits per heavy atom. The number of hydrogen-bond acceptors (Lipinski definition) is 4. The van der Waals surface area contributed by atoms with E-state index in [1.165, 1.54) is 23.9 Å². The lowest BCUT2D eigenvalue weighted by Crippen LogP contribution is -2.44. The number of aromatic nitrogens is 2. The van der Waals surface area contributed by atoms with Crippen molar-refractivity contribution in [2.24, 2.45) is 0 Å². The minimum atomic E-state index is -0.379. The van der Waals surface area contributed by atoms with Gasteiger partial charge in [0.2, 0.25) is 11.8 Å². The topological polar surface area (TPSA) is 67.2 Å². The molecule has 0 saturated carbocycles. The van der Waals surface area contributed by atoms with Crippen LogP contribution in [0.15, 0.2) is 78.9 Å². The number of aryl methyl sites for hydroxylation is 1. The third-order valence-electron chi connectivity index (χ3n) is 6.86. The number of hydrogen-bond donors (Lipinski definition) is 1. The summed E-state index contributed by atoms with van der Waals surface area (Å²) in [4.78, 5) is 28.4. The summed E-state index contributed by atoms with van der Waals surface area (Å²) in [6, 6.07) is 24.1. The molecule has 39 heavy (non-hydrogen) atoms. The molecular weight excluding hydrogens is 511 g/mol. The lowest BCUT2D eigenvalue weighted by molar-refractivity contribution is -0.123. The van der Waals surface area contributed by atoms with Crippen LogP contribution in [0.2, 0.25) is 0 Å². The Balaban J connectivity index is 1.78. The summed E-state index contributed by atoms with van der Waals surface area (Å²) in [5, 5.41) is 7.67. The van der Waals surface area contributed by atoms with Gasteiger partial charge < -0.3 is 5.32 Å². The molecule has 1 aliphatic heterocycles. The maximum Gasteiger partial charge on any atom is 0.240 e. The molecule has 8 heteroatoms. The SMILES string of the molecule is CC[C@H](C)NC(=O)CN1C(=O)CS[C@H](c2cccc(F)c2)c2c(-c3ccccc3)nn(-c3cccc(C)c3)c21. The fourth-order valence-corrected chi connectivity index (χ4v) is 5.95. The summed E-state index contributed by atoms with van der Waals surface area (Å²) >= 11 is 1.42. The van der Waals surface area contributed by atoms with E-state index in [1.807, 2.05) is 81.4 Å². The lowest BCUT2D eigenvalue weighted by Gasteiger charge is -2.24. The van der Waals surface area contributed by atoms with Crippen molar-refractivity contribution in [2.75, 3.05) is 17.2 Å². The molecule has 5 rings (SSSR count). The molecule has 2 heterocycles. The smallest absolute Gasteiger partial charge is 0.240 e. The minimum absolute atomic E-state index is 0.0185. The molecule has 1 N–H and O–H groups in total. The Labute approximate surface area is 232 Å². The molecular formula is C31H31FN4O2S. The molecule has 3 aromatic carbocycles. The Hall–Kier alpha value is -3.91. The highest BCUT2D eigenvalue weighted by atomic mass is 32.2. The van der Waals surface area contributed by atoms with Crippen molar-refractivity contribution >= 4 is 29.4 Å². The molecule has 2 amide bonds. The number of carbonyl (C=O) groups is 2. The fourth-order valence-electron chi connectivity index (χ4n) is 4.77. The van der Waals surface area contributed by atoms with Crippen LogP contribution in [0, 0.1) is 12.7 Å². The summed E-state index contributed by atoms with van der Waals surface area (Å²) in [6.45, 7) is 5.79. The molecule has 0 fully saturated rings. The van der Waals surface area contributed by atoms with Crippen LogP contribution in [0.5, 0.6) is 0 Å².